The largest absolute Gasteiger partial charge is 0.491 e. The van der Waals surface area contributed by atoms with Crippen LogP contribution < -0.4 is 10.5 Å². The van der Waals surface area contributed by atoms with Gasteiger partial charge in [-0.3, -0.25) is 0 Å². The molecule has 120 valence electrons. The molecular formula is C17H30N2O2. The number of ether oxygens (including phenoxy) is 1. The van der Waals surface area contributed by atoms with Crippen LogP contribution in [0.1, 0.15) is 33.6 Å². The Morgan fingerprint density at radius 1 is 1.10 bits per heavy atom. The molecule has 4 heteroatoms. The number of likely N-dealkylation sites (N-methyl/N-ethyl adjacent to an activating group) is 1. The second-order valence-electron chi connectivity index (χ2n) is 5.57. The Morgan fingerprint density at radius 3 is 2.24 bits per heavy atom. The minimum Gasteiger partial charge on any atom is -0.491 e. The first-order chi connectivity index (χ1) is 10.1. The average molecular weight is 294 g/mol. The van der Waals surface area contributed by atoms with Crippen molar-refractivity contribution in [3.8, 4) is 5.75 Å². The number of nitrogens with two attached hydrogens (primary N) is 1. The predicted molar refractivity (Wildman–Crippen MR) is 88.5 cm³/mol. The Morgan fingerprint density at radius 2 is 1.71 bits per heavy atom. The molecule has 1 unspecified atom stereocenters. The zero-order chi connectivity index (χ0) is 15.7. The summed E-state index contributed by atoms with van der Waals surface area (Å²) in [6, 6.07) is 7.24. The summed E-state index contributed by atoms with van der Waals surface area (Å²) < 4.78 is 5.59. The first kappa shape index (κ1) is 17.8. The molecule has 0 saturated heterocycles. The van der Waals surface area contributed by atoms with Crippen molar-refractivity contribution in [1.82, 2.24) is 4.90 Å². The average Bonchev–Trinajstić information content (AvgIpc) is 2.50. The molecule has 0 bridgehead atoms. The van der Waals surface area contributed by atoms with Gasteiger partial charge in [0.05, 0.1) is 0 Å². The van der Waals surface area contributed by atoms with Crippen LogP contribution in [0.15, 0.2) is 24.3 Å². The normalized spacial score (nSPS) is 12.9. The van der Waals surface area contributed by atoms with Crippen molar-refractivity contribution in [2.45, 2.75) is 39.7 Å². The molecule has 0 aliphatic heterocycles. The van der Waals surface area contributed by atoms with Crippen LogP contribution in [0, 0.1) is 5.92 Å². The summed E-state index contributed by atoms with van der Waals surface area (Å²) in [6.45, 7) is 9.55. The van der Waals surface area contributed by atoms with Gasteiger partial charge in [0.1, 0.15) is 18.5 Å². The second-order valence-corrected chi connectivity index (χ2v) is 5.57. The lowest BCUT2D eigenvalue weighted by Crippen LogP contribution is -2.38. The predicted octanol–water partition coefficient (Wildman–Crippen LogP) is 2.77. The van der Waals surface area contributed by atoms with E-state index in [0.717, 1.165) is 18.8 Å². The number of benzene rings is 1. The Labute approximate surface area is 128 Å². The minimum absolute atomic E-state index is 0.309. The zero-order valence-electron chi connectivity index (χ0n) is 13.6. The van der Waals surface area contributed by atoms with Gasteiger partial charge in [-0.2, -0.15) is 0 Å². The third kappa shape index (κ3) is 6.82. The van der Waals surface area contributed by atoms with Gasteiger partial charge in [-0.05, 0) is 36.7 Å². The van der Waals surface area contributed by atoms with Crippen LogP contribution in [-0.4, -0.2) is 42.4 Å². The van der Waals surface area contributed by atoms with E-state index in [-0.39, 0.29) is 0 Å². The fourth-order valence-electron chi connectivity index (χ4n) is 2.35. The summed E-state index contributed by atoms with van der Waals surface area (Å²) in [4.78, 5) is 2.30. The molecule has 0 amide bonds. The number of aliphatic hydroxyl groups is 1. The first-order valence-corrected chi connectivity index (χ1v) is 7.97. The summed E-state index contributed by atoms with van der Waals surface area (Å²) in [5.41, 5.74) is 6.34. The molecule has 1 rings (SSSR count). The maximum atomic E-state index is 10.1. The first-order valence-electron chi connectivity index (χ1n) is 7.97. The lowest BCUT2D eigenvalue weighted by atomic mass is 10.0. The van der Waals surface area contributed by atoms with Gasteiger partial charge in [0, 0.05) is 18.8 Å². The van der Waals surface area contributed by atoms with Crippen LogP contribution in [0.2, 0.25) is 0 Å². The van der Waals surface area contributed by atoms with Crippen molar-refractivity contribution in [3.05, 3.63) is 24.3 Å². The van der Waals surface area contributed by atoms with Crippen LogP contribution in [0.4, 0.5) is 5.69 Å². The fourth-order valence-corrected chi connectivity index (χ4v) is 2.35. The van der Waals surface area contributed by atoms with Gasteiger partial charge >= 0.3 is 0 Å². The van der Waals surface area contributed by atoms with Crippen molar-refractivity contribution in [2.75, 3.05) is 32.0 Å². The molecule has 0 aromatic heterocycles. The molecule has 0 spiro atoms. The van der Waals surface area contributed by atoms with Crippen LogP contribution >= 0.6 is 0 Å². The monoisotopic (exact) mass is 294 g/mol. The quantitative estimate of drug-likeness (QED) is 0.652. The third-order valence-corrected chi connectivity index (χ3v) is 3.91. The van der Waals surface area contributed by atoms with E-state index in [4.69, 9.17) is 10.5 Å². The Hall–Kier alpha value is -1.26. The number of aliphatic hydroxyl groups excluding tert-OH is 1. The highest BCUT2D eigenvalue weighted by Gasteiger charge is 2.14. The van der Waals surface area contributed by atoms with Gasteiger partial charge in [0.2, 0.25) is 0 Å². The number of rotatable bonds is 10. The molecule has 0 heterocycles. The van der Waals surface area contributed by atoms with E-state index in [0.29, 0.717) is 24.8 Å². The van der Waals surface area contributed by atoms with E-state index < -0.39 is 6.10 Å². The Bertz CT molecular complexity index is 377. The highest BCUT2D eigenvalue weighted by atomic mass is 16.5. The fraction of sp³-hybridized carbons (Fsp3) is 0.647. The summed E-state index contributed by atoms with van der Waals surface area (Å²) in [5, 5.41) is 10.1. The molecule has 0 aliphatic carbocycles. The molecule has 0 radical (unpaired) electrons. The number of hydrogen-bond acceptors (Lipinski definition) is 4. The molecule has 4 nitrogen and oxygen atoms in total. The van der Waals surface area contributed by atoms with Gasteiger partial charge in [-0.15, -0.1) is 0 Å². The van der Waals surface area contributed by atoms with Crippen LogP contribution in [0.25, 0.3) is 0 Å². The standard InChI is InChI=1S/C17H30N2O2/c1-4-14(5-2)11-19(6-3)12-16(20)13-21-17-9-7-15(18)8-10-17/h7-10,14,16,20H,4-6,11-13,18H2,1-3H3. The summed E-state index contributed by atoms with van der Waals surface area (Å²) >= 11 is 0. The van der Waals surface area contributed by atoms with Crippen LogP contribution in [0.3, 0.4) is 0 Å². The molecule has 1 aromatic rings. The van der Waals surface area contributed by atoms with Crippen LogP contribution in [0.5, 0.6) is 5.75 Å². The van der Waals surface area contributed by atoms with Gasteiger partial charge in [-0.1, -0.05) is 33.6 Å². The van der Waals surface area contributed by atoms with Crippen molar-refractivity contribution < 1.29 is 9.84 Å². The van der Waals surface area contributed by atoms with Crippen LogP contribution in [-0.2, 0) is 0 Å². The summed E-state index contributed by atoms with van der Waals surface area (Å²) in [6.07, 6.45) is 1.90. The van der Waals surface area contributed by atoms with E-state index in [9.17, 15) is 5.11 Å². The van der Waals surface area contributed by atoms with Gasteiger partial charge in [0.25, 0.3) is 0 Å². The zero-order valence-corrected chi connectivity index (χ0v) is 13.6. The molecule has 1 atom stereocenters. The second kappa shape index (κ2) is 9.64. The molecule has 1 aromatic carbocycles. The van der Waals surface area contributed by atoms with Gasteiger partial charge in [0.15, 0.2) is 0 Å². The maximum absolute atomic E-state index is 10.1. The SMILES string of the molecule is CCC(CC)CN(CC)CC(O)COc1ccc(N)cc1. The topological polar surface area (TPSA) is 58.7 Å². The molecule has 0 fully saturated rings. The van der Waals surface area contributed by atoms with E-state index in [1.807, 2.05) is 12.1 Å². The molecule has 0 aliphatic rings. The van der Waals surface area contributed by atoms with E-state index in [1.54, 1.807) is 12.1 Å². The molecular weight excluding hydrogens is 264 g/mol. The maximum Gasteiger partial charge on any atom is 0.119 e. The van der Waals surface area contributed by atoms with Gasteiger partial charge < -0.3 is 20.5 Å². The van der Waals surface area contributed by atoms with E-state index >= 15 is 0 Å². The number of hydrogen-bond donors (Lipinski definition) is 2. The highest BCUT2D eigenvalue weighted by molar-refractivity contribution is 5.41. The summed E-state index contributed by atoms with van der Waals surface area (Å²) in [5.74, 6) is 1.45. The minimum atomic E-state index is -0.475. The van der Waals surface area contributed by atoms with E-state index in [2.05, 4.69) is 25.7 Å². The third-order valence-electron chi connectivity index (χ3n) is 3.91. The van der Waals surface area contributed by atoms with E-state index in [1.165, 1.54) is 12.8 Å². The highest BCUT2D eigenvalue weighted by Crippen LogP contribution is 2.14. The number of nitrogens with zero attached hydrogens (tertiary/aromatic N) is 1. The Balaban J connectivity index is 2.36. The van der Waals surface area contributed by atoms with Crippen molar-refractivity contribution in [3.63, 3.8) is 0 Å². The number of nitrogen functional groups attached to an aromatic ring is 1. The molecule has 0 saturated carbocycles. The number of anilines is 1. The van der Waals surface area contributed by atoms with Crippen molar-refractivity contribution in [2.24, 2.45) is 5.92 Å². The Kier molecular flexibility index (Phi) is 8.16. The molecule has 21 heavy (non-hydrogen) atoms. The van der Waals surface area contributed by atoms with Crippen molar-refractivity contribution >= 4 is 5.69 Å². The summed E-state index contributed by atoms with van der Waals surface area (Å²) in [7, 11) is 0. The lowest BCUT2D eigenvalue weighted by Gasteiger charge is -2.27. The lowest BCUT2D eigenvalue weighted by molar-refractivity contribution is 0.0639. The molecule has 3 N–H and O–H groups in total. The van der Waals surface area contributed by atoms with Crippen molar-refractivity contribution in [1.29, 1.82) is 0 Å². The van der Waals surface area contributed by atoms with Gasteiger partial charge in [-0.25, -0.2) is 0 Å². The smallest absolute Gasteiger partial charge is 0.119 e.